The van der Waals surface area contributed by atoms with E-state index in [0.717, 1.165) is 11.4 Å². The molecule has 1 saturated carbocycles. The summed E-state index contributed by atoms with van der Waals surface area (Å²) in [5.74, 6) is 0.870. The minimum Gasteiger partial charge on any atom is -0.355 e. The van der Waals surface area contributed by atoms with Crippen LogP contribution in [-0.2, 0) is 6.54 Å². The monoisotopic (exact) mass is 281 g/mol. The first-order valence-electron chi connectivity index (χ1n) is 7.01. The largest absolute Gasteiger partial charge is 0.355 e. The topological polar surface area (TPSA) is 42.2 Å². The Morgan fingerprint density at radius 2 is 2.05 bits per heavy atom. The average molecular weight is 282 g/mol. The van der Waals surface area contributed by atoms with Crippen molar-refractivity contribution in [2.75, 3.05) is 11.9 Å². The molecule has 1 fully saturated rings. The molecule has 2 rings (SSSR count). The van der Waals surface area contributed by atoms with Crippen LogP contribution in [0.3, 0.4) is 0 Å². The minimum atomic E-state index is 0.458. The van der Waals surface area contributed by atoms with Crippen LogP contribution in [0.1, 0.15) is 45.1 Å². The molecule has 2 N–H and O–H groups in total. The average Bonchev–Trinajstić information content (AvgIpc) is 2.38. The lowest BCUT2D eigenvalue weighted by molar-refractivity contribution is 0.222. The second kappa shape index (κ2) is 5.68. The normalized spacial score (nSPS) is 19.4. The molecule has 1 aliphatic rings. The Balaban J connectivity index is 2.14. The molecule has 4 heteroatoms. The summed E-state index contributed by atoms with van der Waals surface area (Å²) in [5, 5.41) is 0.706. The zero-order valence-electron chi connectivity index (χ0n) is 12.1. The zero-order chi connectivity index (χ0) is 14.0. The van der Waals surface area contributed by atoms with E-state index in [2.05, 4.69) is 30.8 Å². The van der Waals surface area contributed by atoms with Crippen molar-refractivity contribution < 1.29 is 0 Å². The van der Waals surface area contributed by atoms with Crippen LogP contribution in [0, 0.1) is 5.41 Å². The summed E-state index contributed by atoms with van der Waals surface area (Å²) in [6.45, 7) is 5.16. The molecule has 1 aromatic rings. The van der Waals surface area contributed by atoms with Gasteiger partial charge in [-0.25, -0.2) is 4.98 Å². The quantitative estimate of drug-likeness (QED) is 0.920. The van der Waals surface area contributed by atoms with Crippen LogP contribution >= 0.6 is 11.6 Å². The van der Waals surface area contributed by atoms with E-state index in [-0.39, 0.29) is 0 Å². The number of hydrogen-bond acceptors (Lipinski definition) is 3. The molecule has 19 heavy (non-hydrogen) atoms. The van der Waals surface area contributed by atoms with Crippen LogP contribution in [0.5, 0.6) is 0 Å². The summed E-state index contributed by atoms with van der Waals surface area (Å²) in [6.07, 6.45) is 6.72. The summed E-state index contributed by atoms with van der Waals surface area (Å²) in [5.41, 5.74) is 7.15. The maximum absolute atomic E-state index is 6.39. The Hall–Kier alpha value is -0.800. The second-order valence-electron chi connectivity index (χ2n) is 6.32. The van der Waals surface area contributed by atoms with Gasteiger partial charge in [0.05, 0.1) is 5.02 Å². The van der Waals surface area contributed by atoms with E-state index in [4.69, 9.17) is 17.3 Å². The first-order chi connectivity index (χ1) is 8.94. The lowest BCUT2D eigenvalue weighted by Gasteiger charge is -2.39. The van der Waals surface area contributed by atoms with E-state index in [0.29, 0.717) is 23.0 Å². The third-order valence-electron chi connectivity index (χ3n) is 4.36. The fourth-order valence-electron chi connectivity index (χ4n) is 2.82. The van der Waals surface area contributed by atoms with E-state index in [1.54, 1.807) is 6.20 Å². The summed E-state index contributed by atoms with van der Waals surface area (Å²) in [4.78, 5) is 6.67. The molecule has 3 nitrogen and oxygen atoms in total. The number of pyridine rings is 1. The Bertz CT molecular complexity index is 435. The van der Waals surface area contributed by atoms with E-state index < -0.39 is 0 Å². The molecule has 0 spiro atoms. The molecule has 106 valence electrons. The van der Waals surface area contributed by atoms with E-state index in [9.17, 15) is 0 Å². The van der Waals surface area contributed by atoms with E-state index in [1.165, 1.54) is 25.7 Å². The lowest BCUT2D eigenvalue weighted by atomic mass is 9.75. The highest BCUT2D eigenvalue weighted by Crippen LogP contribution is 2.38. The van der Waals surface area contributed by atoms with Crippen LogP contribution in [-0.4, -0.2) is 18.1 Å². The fraction of sp³-hybridized carbons (Fsp3) is 0.667. The molecule has 1 aromatic heterocycles. The molecule has 0 amide bonds. The van der Waals surface area contributed by atoms with Crippen molar-refractivity contribution in [3.05, 3.63) is 22.8 Å². The Morgan fingerprint density at radius 1 is 1.42 bits per heavy atom. The van der Waals surface area contributed by atoms with Gasteiger partial charge in [-0.3, -0.25) is 0 Å². The molecule has 0 bridgehead atoms. The van der Waals surface area contributed by atoms with Crippen LogP contribution in [0.15, 0.2) is 12.3 Å². The number of anilines is 1. The van der Waals surface area contributed by atoms with Gasteiger partial charge in [-0.05, 0) is 42.7 Å². The number of hydrogen-bond donors (Lipinski definition) is 1. The van der Waals surface area contributed by atoms with E-state index >= 15 is 0 Å². The van der Waals surface area contributed by atoms with Gasteiger partial charge >= 0.3 is 0 Å². The van der Waals surface area contributed by atoms with Gasteiger partial charge in [-0.2, -0.15) is 0 Å². The van der Waals surface area contributed by atoms with Crippen molar-refractivity contribution in [3.8, 4) is 0 Å². The van der Waals surface area contributed by atoms with Gasteiger partial charge in [0.1, 0.15) is 5.82 Å². The third-order valence-corrected chi connectivity index (χ3v) is 4.77. The number of halogens is 1. The first-order valence-corrected chi connectivity index (χ1v) is 7.39. The molecule has 1 aliphatic carbocycles. The first kappa shape index (κ1) is 14.6. The van der Waals surface area contributed by atoms with Gasteiger partial charge in [-0.15, -0.1) is 0 Å². The predicted octanol–water partition coefficient (Wildman–Crippen LogP) is 3.60. The lowest BCUT2D eigenvalue weighted by Crippen LogP contribution is -2.37. The summed E-state index contributed by atoms with van der Waals surface area (Å²) >= 11 is 6.39. The maximum atomic E-state index is 6.39. The van der Waals surface area contributed by atoms with Crippen LogP contribution in [0.2, 0.25) is 5.02 Å². The highest BCUT2D eigenvalue weighted by atomic mass is 35.5. The van der Waals surface area contributed by atoms with Crippen LogP contribution in [0.25, 0.3) is 0 Å². The van der Waals surface area contributed by atoms with Gasteiger partial charge in [0.15, 0.2) is 0 Å². The molecule has 0 aliphatic heterocycles. The molecule has 1 heterocycles. The molecular weight excluding hydrogens is 258 g/mol. The van der Waals surface area contributed by atoms with Crippen molar-refractivity contribution in [1.29, 1.82) is 0 Å². The van der Waals surface area contributed by atoms with Crippen molar-refractivity contribution in [3.63, 3.8) is 0 Å². The van der Waals surface area contributed by atoms with Gasteiger partial charge in [0.2, 0.25) is 0 Å². The van der Waals surface area contributed by atoms with E-state index in [1.807, 2.05) is 6.07 Å². The molecule has 0 atom stereocenters. The fourth-order valence-corrected chi connectivity index (χ4v) is 3.14. The molecule has 0 radical (unpaired) electrons. The number of nitrogens with zero attached hydrogens (tertiary/aromatic N) is 2. The van der Waals surface area contributed by atoms with Crippen molar-refractivity contribution in [2.45, 2.75) is 52.1 Å². The Morgan fingerprint density at radius 3 is 2.63 bits per heavy atom. The smallest absolute Gasteiger partial charge is 0.147 e. The summed E-state index contributed by atoms with van der Waals surface area (Å²) < 4.78 is 0. The predicted molar refractivity (Wildman–Crippen MR) is 81.6 cm³/mol. The third kappa shape index (κ3) is 3.21. The standard InChI is InChI=1S/C15H24ClN3/c1-15(2)7-4-12(5-8-15)19(3)14-13(16)11(10-17)6-9-18-14/h6,9,12H,4-5,7-8,10,17H2,1-3H3. The number of aromatic nitrogens is 1. The molecular formula is C15H24ClN3. The van der Waals surface area contributed by atoms with Gasteiger partial charge in [0, 0.05) is 25.8 Å². The summed E-state index contributed by atoms with van der Waals surface area (Å²) in [6, 6.07) is 2.43. The summed E-state index contributed by atoms with van der Waals surface area (Å²) in [7, 11) is 2.09. The van der Waals surface area contributed by atoms with Crippen molar-refractivity contribution >= 4 is 17.4 Å². The molecule has 0 aromatic carbocycles. The van der Waals surface area contributed by atoms with Crippen molar-refractivity contribution in [1.82, 2.24) is 4.98 Å². The van der Waals surface area contributed by atoms with Gasteiger partial charge in [0.25, 0.3) is 0 Å². The zero-order valence-corrected chi connectivity index (χ0v) is 12.9. The molecule has 0 unspecified atom stereocenters. The van der Waals surface area contributed by atoms with Crippen molar-refractivity contribution in [2.24, 2.45) is 11.1 Å². The number of nitrogens with two attached hydrogens (primary N) is 1. The minimum absolute atomic E-state index is 0.458. The van der Waals surface area contributed by atoms with Crippen LogP contribution < -0.4 is 10.6 Å². The van der Waals surface area contributed by atoms with Crippen LogP contribution in [0.4, 0.5) is 5.82 Å². The highest BCUT2D eigenvalue weighted by molar-refractivity contribution is 6.33. The van der Waals surface area contributed by atoms with Gasteiger partial charge < -0.3 is 10.6 Å². The Labute approximate surface area is 121 Å². The maximum Gasteiger partial charge on any atom is 0.147 e. The molecule has 0 saturated heterocycles. The number of rotatable bonds is 3. The Kier molecular flexibility index (Phi) is 4.36. The highest BCUT2D eigenvalue weighted by Gasteiger charge is 2.30. The van der Waals surface area contributed by atoms with Gasteiger partial charge in [-0.1, -0.05) is 25.4 Å². The second-order valence-corrected chi connectivity index (χ2v) is 6.70. The SMILES string of the molecule is CN(c1nccc(CN)c1Cl)C1CCC(C)(C)CC1.